The lowest BCUT2D eigenvalue weighted by molar-refractivity contribution is 0.0795. The van der Waals surface area contributed by atoms with E-state index < -0.39 is 0 Å². The van der Waals surface area contributed by atoms with Crippen LogP contribution in [0.25, 0.3) is 10.9 Å². The molecule has 0 radical (unpaired) electrons. The molecule has 1 aromatic carbocycles. The van der Waals surface area contributed by atoms with Gasteiger partial charge >= 0.3 is 0 Å². The minimum absolute atomic E-state index is 0.00116. The van der Waals surface area contributed by atoms with Gasteiger partial charge < -0.3 is 10.6 Å². The molecule has 1 heterocycles. The van der Waals surface area contributed by atoms with Gasteiger partial charge in [-0.3, -0.25) is 4.79 Å². The maximum Gasteiger partial charge on any atom is 0.254 e. The molecule has 0 saturated heterocycles. The highest BCUT2D eigenvalue weighted by atomic mass is 16.2. The molecular formula is C15H19N3O. The number of nitrogen functional groups attached to an aromatic ring is 1. The summed E-state index contributed by atoms with van der Waals surface area (Å²) in [4.78, 5) is 18.4. The summed E-state index contributed by atoms with van der Waals surface area (Å²) in [6.07, 6.45) is 2.07. The van der Waals surface area contributed by atoms with Gasteiger partial charge in [0.05, 0.1) is 11.1 Å². The van der Waals surface area contributed by atoms with Gasteiger partial charge in [0.15, 0.2) is 0 Å². The largest absolute Gasteiger partial charge is 0.384 e. The van der Waals surface area contributed by atoms with E-state index in [2.05, 4.69) is 11.9 Å². The number of pyridine rings is 1. The minimum atomic E-state index is -0.00116. The molecule has 19 heavy (non-hydrogen) atoms. The van der Waals surface area contributed by atoms with Crippen LogP contribution in [-0.4, -0.2) is 29.4 Å². The molecule has 0 aliphatic rings. The number of benzene rings is 1. The molecule has 0 atom stereocenters. The number of rotatable bonds is 4. The van der Waals surface area contributed by atoms with Crippen molar-refractivity contribution >= 4 is 22.6 Å². The predicted octanol–water partition coefficient (Wildman–Crippen LogP) is 2.69. The highest BCUT2D eigenvalue weighted by Crippen LogP contribution is 2.20. The number of fused-ring (bicyclic) bond motifs is 1. The van der Waals surface area contributed by atoms with Gasteiger partial charge in [-0.05, 0) is 18.6 Å². The van der Waals surface area contributed by atoms with E-state index in [0.29, 0.717) is 11.4 Å². The normalized spacial score (nSPS) is 10.6. The van der Waals surface area contributed by atoms with Crippen LogP contribution in [0.2, 0.25) is 0 Å². The van der Waals surface area contributed by atoms with Crippen molar-refractivity contribution in [1.29, 1.82) is 0 Å². The van der Waals surface area contributed by atoms with Gasteiger partial charge in [0.2, 0.25) is 0 Å². The first-order valence-corrected chi connectivity index (χ1v) is 6.54. The summed E-state index contributed by atoms with van der Waals surface area (Å²) in [5.74, 6) is 0.379. The second-order valence-electron chi connectivity index (χ2n) is 4.69. The first kappa shape index (κ1) is 13.3. The van der Waals surface area contributed by atoms with Gasteiger partial charge in [-0.1, -0.05) is 31.5 Å². The quantitative estimate of drug-likeness (QED) is 0.916. The van der Waals surface area contributed by atoms with E-state index in [1.54, 1.807) is 11.0 Å². The number of hydrogen-bond donors (Lipinski definition) is 1. The van der Waals surface area contributed by atoms with Crippen molar-refractivity contribution in [3.8, 4) is 0 Å². The number of aromatic nitrogens is 1. The summed E-state index contributed by atoms with van der Waals surface area (Å²) in [5, 5.41) is 0.852. The van der Waals surface area contributed by atoms with E-state index in [-0.39, 0.29) is 5.91 Å². The third-order valence-electron chi connectivity index (χ3n) is 3.16. The fraction of sp³-hybridized carbons (Fsp3) is 0.333. The Morgan fingerprint density at radius 1 is 1.37 bits per heavy atom. The van der Waals surface area contributed by atoms with Gasteiger partial charge in [-0.25, -0.2) is 4.98 Å². The Morgan fingerprint density at radius 3 is 2.84 bits per heavy atom. The number of nitrogens with two attached hydrogens (primary N) is 1. The average Bonchev–Trinajstić information content (AvgIpc) is 2.42. The van der Waals surface area contributed by atoms with E-state index in [1.165, 1.54) is 0 Å². The van der Waals surface area contributed by atoms with Crippen LogP contribution in [0.3, 0.4) is 0 Å². The summed E-state index contributed by atoms with van der Waals surface area (Å²) < 4.78 is 0. The third kappa shape index (κ3) is 2.84. The van der Waals surface area contributed by atoms with Gasteiger partial charge in [-0.15, -0.1) is 0 Å². The summed E-state index contributed by atoms with van der Waals surface area (Å²) in [6.45, 7) is 2.87. The summed E-state index contributed by atoms with van der Waals surface area (Å²) in [6, 6.07) is 9.23. The smallest absolute Gasteiger partial charge is 0.254 e. The SMILES string of the molecule is CCCCN(C)C(=O)c1cc(N)nc2ccccc12. The summed E-state index contributed by atoms with van der Waals surface area (Å²) in [5.41, 5.74) is 7.17. The standard InChI is InChI=1S/C15H19N3O/c1-3-4-9-18(2)15(19)12-10-14(16)17-13-8-6-5-7-11(12)13/h5-8,10H,3-4,9H2,1-2H3,(H2,16,17). The van der Waals surface area contributed by atoms with Gasteiger partial charge in [0.1, 0.15) is 5.82 Å². The molecule has 0 aliphatic heterocycles. The molecule has 100 valence electrons. The predicted molar refractivity (Wildman–Crippen MR) is 78.0 cm³/mol. The second kappa shape index (κ2) is 5.69. The first-order valence-electron chi connectivity index (χ1n) is 6.54. The van der Waals surface area contributed by atoms with Crippen LogP contribution in [0.4, 0.5) is 5.82 Å². The molecule has 4 nitrogen and oxygen atoms in total. The van der Waals surface area contributed by atoms with E-state index in [0.717, 1.165) is 30.3 Å². The number of nitrogens with zero attached hydrogens (tertiary/aromatic N) is 2. The molecule has 1 amide bonds. The van der Waals surface area contributed by atoms with Crippen molar-refractivity contribution in [3.63, 3.8) is 0 Å². The van der Waals surface area contributed by atoms with Crippen molar-refractivity contribution in [2.24, 2.45) is 0 Å². The zero-order valence-corrected chi connectivity index (χ0v) is 11.4. The molecule has 0 saturated carbocycles. The van der Waals surface area contributed by atoms with E-state index in [9.17, 15) is 4.79 Å². The zero-order valence-electron chi connectivity index (χ0n) is 11.4. The number of unbranched alkanes of at least 4 members (excludes halogenated alkanes) is 1. The molecule has 0 aliphatic carbocycles. The van der Waals surface area contributed by atoms with Crippen LogP contribution in [0.5, 0.6) is 0 Å². The molecule has 1 aromatic heterocycles. The molecule has 0 fully saturated rings. The number of para-hydroxylation sites is 1. The van der Waals surface area contributed by atoms with Crippen LogP contribution in [0, 0.1) is 0 Å². The zero-order chi connectivity index (χ0) is 13.8. The highest BCUT2D eigenvalue weighted by molar-refractivity contribution is 6.06. The number of anilines is 1. The Hall–Kier alpha value is -2.10. The second-order valence-corrected chi connectivity index (χ2v) is 4.69. The number of amides is 1. The van der Waals surface area contributed by atoms with Gasteiger partial charge in [-0.2, -0.15) is 0 Å². The molecule has 2 rings (SSSR count). The molecule has 2 aromatic rings. The molecule has 0 bridgehead atoms. The Labute approximate surface area is 113 Å². The van der Waals surface area contributed by atoms with Crippen molar-refractivity contribution in [2.45, 2.75) is 19.8 Å². The van der Waals surface area contributed by atoms with E-state index in [4.69, 9.17) is 5.73 Å². The van der Waals surface area contributed by atoms with Gasteiger partial charge in [0, 0.05) is 19.0 Å². The first-order chi connectivity index (χ1) is 9.13. The molecule has 2 N–H and O–H groups in total. The average molecular weight is 257 g/mol. The van der Waals surface area contributed by atoms with Crippen molar-refractivity contribution in [3.05, 3.63) is 35.9 Å². The van der Waals surface area contributed by atoms with Crippen LogP contribution >= 0.6 is 0 Å². The Balaban J connectivity index is 2.41. The summed E-state index contributed by atoms with van der Waals surface area (Å²) in [7, 11) is 1.82. The van der Waals surface area contributed by atoms with Crippen LogP contribution in [0.15, 0.2) is 30.3 Å². The van der Waals surface area contributed by atoms with Crippen LogP contribution in [-0.2, 0) is 0 Å². The lowest BCUT2D eigenvalue weighted by atomic mass is 10.1. The van der Waals surface area contributed by atoms with Crippen molar-refractivity contribution < 1.29 is 4.79 Å². The van der Waals surface area contributed by atoms with E-state index >= 15 is 0 Å². The Bertz CT molecular complexity index is 595. The van der Waals surface area contributed by atoms with Crippen LogP contribution in [0.1, 0.15) is 30.1 Å². The maximum atomic E-state index is 12.5. The Kier molecular flexibility index (Phi) is 4.00. The van der Waals surface area contributed by atoms with Crippen molar-refractivity contribution in [2.75, 3.05) is 19.3 Å². The molecule has 4 heteroatoms. The molecule has 0 spiro atoms. The fourth-order valence-corrected chi connectivity index (χ4v) is 2.08. The van der Waals surface area contributed by atoms with Gasteiger partial charge in [0.25, 0.3) is 5.91 Å². The topological polar surface area (TPSA) is 59.2 Å². The molecular weight excluding hydrogens is 238 g/mol. The number of carbonyl (C=O) groups excluding carboxylic acids is 1. The van der Waals surface area contributed by atoms with Crippen molar-refractivity contribution in [1.82, 2.24) is 9.88 Å². The van der Waals surface area contributed by atoms with E-state index in [1.807, 2.05) is 31.3 Å². The number of carbonyl (C=O) groups is 1. The number of hydrogen-bond acceptors (Lipinski definition) is 3. The van der Waals surface area contributed by atoms with Crippen LogP contribution < -0.4 is 5.73 Å². The minimum Gasteiger partial charge on any atom is -0.384 e. The fourth-order valence-electron chi connectivity index (χ4n) is 2.08. The maximum absolute atomic E-state index is 12.5. The third-order valence-corrected chi connectivity index (χ3v) is 3.16. The lowest BCUT2D eigenvalue weighted by Crippen LogP contribution is -2.28. The highest BCUT2D eigenvalue weighted by Gasteiger charge is 2.15. The Morgan fingerprint density at radius 2 is 2.11 bits per heavy atom. The summed E-state index contributed by atoms with van der Waals surface area (Å²) >= 11 is 0. The molecule has 0 unspecified atom stereocenters. The lowest BCUT2D eigenvalue weighted by Gasteiger charge is -2.18. The monoisotopic (exact) mass is 257 g/mol.